The average Bonchev–Trinajstić information content (AvgIpc) is 3.26. The molecule has 2 unspecified atom stereocenters. The number of aryl methyl sites for hydroxylation is 1. The Bertz CT molecular complexity index is 1070. The Kier molecular flexibility index (Phi) is 8.37. The summed E-state index contributed by atoms with van der Waals surface area (Å²) in [5, 5.41) is 15.2. The molecule has 0 bridgehead atoms. The second-order valence-corrected chi connectivity index (χ2v) is 9.82. The number of nitrogens with zero attached hydrogens (tertiary/aromatic N) is 1. The van der Waals surface area contributed by atoms with E-state index in [2.05, 4.69) is 17.2 Å². The standard InChI is InChI=1S/C24H29N3O5S/c1-2-23(29)26-20-15-21(17-28)27(16-20)33(31,32)22-12-10-19(11-13-22)24(30)25-14-6-9-18-7-4-3-5-8-18/h2-5,7-8,10-13,20-21,28H,1,6,9,14-17H2,(H,25,30)(H,26,29). The first-order chi connectivity index (χ1) is 15.8. The largest absolute Gasteiger partial charge is 0.395 e. The maximum absolute atomic E-state index is 13.1. The summed E-state index contributed by atoms with van der Waals surface area (Å²) in [6.07, 6.45) is 3.08. The second-order valence-electron chi connectivity index (χ2n) is 7.93. The van der Waals surface area contributed by atoms with Gasteiger partial charge in [-0.25, -0.2) is 8.42 Å². The number of hydrogen-bond donors (Lipinski definition) is 3. The highest BCUT2D eigenvalue weighted by Gasteiger charge is 2.40. The maximum Gasteiger partial charge on any atom is 0.251 e. The van der Waals surface area contributed by atoms with Gasteiger partial charge in [0.2, 0.25) is 15.9 Å². The van der Waals surface area contributed by atoms with E-state index in [1.165, 1.54) is 34.1 Å². The van der Waals surface area contributed by atoms with Crippen LogP contribution in [0.5, 0.6) is 0 Å². The molecular weight excluding hydrogens is 442 g/mol. The Morgan fingerprint density at radius 1 is 1.12 bits per heavy atom. The molecule has 2 aromatic carbocycles. The molecule has 0 aromatic heterocycles. The third-order valence-corrected chi connectivity index (χ3v) is 7.53. The minimum Gasteiger partial charge on any atom is -0.395 e. The van der Waals surface area contributed by atoms with E-state index in [4.69, 9.17) is 0 Å². The van der Waals surface area contributed by atoms with Gasteiger partial charge < -0.3 is 15.7 Å². The summed E-state index contributed by atoms with van der Waals surface area (Å²) in [6, 6.07) is 14.7. The molecule has 1 heterocycles. The van der Waals surface area contributed by atoms with Crippen molar-refractivity contribution in [2.24, 2.45) is 0 Å². The van der Waals surface area contributed by atoms with Crippen LogP contribution in [-0.2, 0) is 21.2 Å². The van der Waals surface area contributed by atoms with Crippen LogP contribution in [0.1, 0.15) is 28.8 Å². The van der Waals surface area contributed by atoms with Crippen molar-refractivity contribution >= 4 is 21.8 Å². The number of benzene rings is 2. The molecule has 1 aliphatic heterocycles. The zero-order chi connectivity index (χ0) is 23.8. The van der Waals surface area contributed by atoms with E-state index in [0.717, 1.165) is 18.9 Å². The van der Waals surface area contributed by atoms with Gasteiger partial charge in [-0.15, -0.1) is 0 Å². The van der Waals surface area contributed by atoms with Crippen LogP contribution in [0.3, 0.4) is 0 Å². The van der Waals surface area contributed by atoms with Crippen LogP contribution in [0.15, 0.2) is 72.1 Å². The number of carbonyl (C=O) groups excluding carboxylic acids is 2. The van der Waals surface area contributed by atoms with Gasteiger partial charge in [-0.1, -0.05) is 36.9 Å². The van der Waals surface area contributed by atoms with E-state index in [1.807, 2.05) is 30.3 Å². The molecule has 3 rings (SSSR count). The van der Waals surface area contributed by atoms with Crippen molar-refractivity contribution in [2.75, 3.05) is 19.7 Å². The van der Waals surface area contributed by atoms with E-state index in [0.29, 0.717) is 18.5 Å². The number of aliphatic hydroxyl groups excluding tert-OH is 1. The van der Waals surface area contributed by atoms with Gasteiger partial charge in [0.05, 0.1) is 17.5 Å². The highest BCUT2D eigenvalue weighted by atomic mass is 32.2. The van der Waals surface area contributed by atoms with Gasteiger partial charge in [0.1, 0.15) is 0 Å². The Labute approximate surface area is 194 Å². The first kappa shape index (κ1) is 24.6. The molecule has 0 spiro atoms. The summed E-state index contributed by atoms with van der Waals surface area (Å²) in [5.74, 6) is -0.663. The molecule has 1 saturated heterocycles. The van der Waals surface area contributed by atoms with Crippen molar-refractivity contribution in [3.63, 3.8) is 0 Å². The van der Waals surface area contributed by atoms with Crippen molar-refractivity contribution in [1.82, 2.24) is 14.9 Å². The summed E-state index contributed by atoms with van der Waals surface area (Å²) >= 11 is 0. The van der Waals surface area contributed by atoms with E-state index in [1.54, 1.807) is 0 Å². The lowest BCUT2D eigenvalue weighted by molar-refractivity contribution is -0.117. The highest BCUT2D eigenvalue weighted by Crippen LogP contribution is 2.26. The predicted octanol–water partition coefficient (Wildman–Crippen LogP) is 1.48. The van der Waals surface area contributed by atoms with Crippen LogP contribution in [0.4, 0.5) is 0 Å². The van der Waals surface area contributed by atoms with Crippen LogP contribution < -0.4 is 10.6 Å². The zero-order valence-electron chi connectivity index (χ0n) is 18.3. The molecule has 0 aliphatic carbocycles. The predicted molar refractivity (Wildman–Crippen MR) is 125 cm³/mol. The van der Waals surface area contributed by atoms with Gasteiger partial charge >= 0.3 is 0 Å². The van der Waals surface area contributed by atoms with Crippen LogP contribution in [0, 0.1) is 0 Å². The van der Waals surface area contributed by atoms with Crippen molar-refractivity contribution < 1.29 is 23.1 Å². The van der Waals surface area contributed by atoms with Gasteiger partial charge in [0.25, 0.3) is 5.91 Å². The second kappa shape index (κ2) is 11.2. The van der Waals surface area contributed by atoms with E-state index in [9.17, 15) is 23.1 Å². The molecule has 8 nitrogen and oxygen atoms in total. The normalized spacial score (nSPS) is 18.6. The molecule has 2 amide bonds. The topological polar surface area (TPSA) is 116 Å². The van der Waals surface area contributed by atoms with Gasteiger partial charge in [-0.3, -0.25) is 9.59 Å². The molecule has 0 radical (unpaired) electrons. The van der Waals surface area contributed by atoms with E-state index in [-0.39, 0.29) is 24.0 Å². The maximum atomic E-state index is 13.1. The summed E-state index contributed by atoms with van der Waals surface area (Å²) < 4.78 is 27.4. The molecule has 1 fully saturated rings. The van der Waals surface area contributed by atoms with Crippen LogP contribution in [0.2, 0.25) is 0 Å². The van der Waals surface area contributed by atoms with Crippen molar-refractivity contribution in [3.8, 4) is 0 Å². The fourth-order valence-electron chi connectivity index (χ4n) is 3.87. The minimum atomic E-state index is -3.90. The Hall–Kier alpha value is -3.01. The number of carbonyl (C=O) groups is 2. The summed E-state index contributed by atoms with van der Waals surface area (Å²) in [4.78, 5) is 24.0. The van der Waals surface area contributed by atoms with Gasteiger partial charge in [0, 0.05) is 24.7 Å². The fraction of sp³-hybridized carbons (Fsp3) is 0.333. The molecule has 9 heteroatoms. The summed E-state index contributed by atoms with van der Waals surface area (Å²) in [5.41, 5.74) is 1.57. The zero-order valence-corrected chi connectivity index (χ0v) is 19.1. The van der Waals surface area contributed by atoms with Crippen molar-refractivity contribution in [3.05, 3.63) is 78.4 Å². The van der Waals surface area contributed by atoms with Crippen LogP contribution in [0.25, 0.3) is 0 Å². The minimum absolute atomic E-state index is 0.0253. The number of hydrogen-bond acceptors (Lipinski definition) is 5. The molecule has 33 heavy (non-hydrogen) atoms. The van der Waals surface area contributed by atoms with Gasteiger partial charge in [0.15, 0.2) is 0 Å². The van der Waals surface area contributed by atoms with E-state index >= 15 is 0 Å². The van der Waals surface area contributed by atoms with Gasteiger partial charge in [-0.2, -0.15) is 4.31 Å². The molecule has 2 aromatic rings. The number of sulfonamides is 1. The molecule has 2 atom stereocenters. The summed E-state index contributed by atoms with van der Waals surface area (Å²) in [6.45, 7) is 3.60. The quantitative estimate of drug-likeness (QED) is 0.359. The molecule has 3 N–H and O–H groups in total. The molecule has 1 aliphatic rings. The molecule has 176 valence electrons. The monoisotopic (exact) mass is 471 g/mol. The lowest BCUT2D eigenvalue weighted by atomic mass is 10.1. The highest BCUT2D eigenvalue weighted by molar-refractivity contribution is 7.89. The average molecular weight is 472 g/mol. The number of aliphatic hydroxyl groups is 1. The van der Waals surface area contributed by atoms with Crippen LogP contribution in [-0.4, -0.2) is 61.4 Å². The first-order valence-corrected chi connectivity index (χ1v) is 12.3. The Balaban J connectivity index is 1.59. The third-order valence-electron chi connectivity index (χ3n) is 5.60. The lowest BCUT2D eigenvalue weighted by Crippen LogP contribution is -2.39. The van der Waals surface area contributed by atoms with Crippen molar-refractivity contribution in [1.29, 1.82) is 0 Å². The number of amides is 2. The molecular formula is C24H29N3O5S. The first-order valence-electron chi connectivity index (χ1n) is 10.8. The SMILES string of the molecule is C=CC(=O)NC1CC(CO)N(S(=O)(=O)c2ccc(C(=O)NCCCc3ccccc3)cc2)C1. The number of rotatable bonds is 10. The Morgan fingerprint density at radius 2 is 1.82 bits per heavy atom. The smallest absolute Gasteiger partial charge is 0.251 e. The third kappa shape index (κ3) is 6.28. The Morgan fingerprint density at radius 3 is 2.45 bits per heavy atom. The van der Waals surface area contributed by atoms with Crippen molar-refractivity contribution in [2.45, 2.75) is 36.2 Å². The van der Waals surface area contributed by atoms with Gasteiger partial charge in [-0.05, 0) is 55.2 Å². The fourth-order valence-corrected chi connectivity index (χ4v) is 5.54. The number of nitrogens with one attached hydrogen (secondary N) is 2. The molecule has 0 saturated carbocycles. The van der Waals surface area contributed by atoms with Crippen LogP contribution >= 0.6 is 0 Å². The summed E-state index contributed by atoms with van der Waals surface area (Å²) in [7, 11) is -3.90. The lowest BCUT2D eigenvalue weighted by Gasteiger charge is -2.22. The van der Waals surface area contributed by atoms with E-state index < -0.39 is 28.0 Å².